The van der Waals surface area contributed by atoms with Crippen LogP contribution < -0.4 is 10.6 Å². The molecule has 1 aliphatic rings. The predicted octanol–water partition coefficient (Wildman–Crippen LogP) is -0.380. The third-order valence-electron chi connectivity index (χ3n) is 1.87. The van der Waals surface area contributed by atoms with Crippen LogP contribution in [-0.2, 0) is 0 Å². The summed E-state index contributed by atoms with van der Waals surface area (Å²) < 4.78 is 0. The second-order valence-electron chi connectivity index (χ2n) is 2.86. The van der Waals surface area contributed by atoms with E-state index < -0.39 is 0 Å². The molecule has 1 saturated heterocycles. The van der Waals surface area contributed by atoms with Crippen LogP contribution in [0.2, 0.25) is 0 Å². The molecule has 0 radical (unpaired) electrons. The van der Waals surface area contributed by atoms with Crippen molar-refractivity contribution in [3.63, 3.8) is 0 Å². The third kappa shape index (κ3) is 2.08. The summed E-state index contributed by atoms with van der Waals surface area (Å²) >= 11 is 0. The molecule has 1 rings (SSSR count). The number of hydrogen-bond acceptors (Lipinski definition) is 2. The van der Waals surface area contributed by atoms with Gasteiger partial charge in [-0.2, -0.15) is 0 Å². The zero-order valence-corrected chi connectivity index (χ0v) is 7.05. The Labute approximate surface area is 66.9 Å². The maximum atomic E-state index is 11.1. The topological polar surface area (TPSA) is 44.4 Å². The molecular weight excluding hydrogens is 142 g/mol. The minimum Gasteiger partial charge on any atom is -0.341 e. The smallest absolute Gasteiger partial charge is 0.317 e. The van der Waals surface area contributed by atoms with Crippen LogP contribution >= 0.6 is 0 Å². The lowest BCUT2D eigenvalue weighted by atomic mass is 10.2. The van der Waals surface area contributed by atoms with E-state index in [9.17, 15) is 4.79 Å². The van der Waals surface area contributed by atoms with Gasteiger partial charge in [0.1, 0.15) is 0 Å². The van der Waals surface area contributed by atoms with E-state index in [0.29, 0.717) is 6.04 Å². The highest BCUT2D eigenvalue weighted by molar-refractivity contribution is 5.73. The van der Waals surface area contributed by atoms with Gasteiger partial charge in [-0.1, -0.05) is 0 Å². The summed E-state index contributed by atoms with van der Waals surface area (Å²) in [6.45, 7) is 4.59. The summed E-state index contributed by atoms with van der Waals surface area (Å²) in [4.78, 5) is 12.9. The predicted molar refractivity (Wildman–Crippen MR) is 43.5 cm³/mol. The maximum Gasteiger partial charge on any atom is 0.317 e. The second-order valence-corrected chi connectivity index (χ2v) is 2.86. The van der Waals surface area contributed by atoms with Crippen LogP contribution in [0.25, 0.3) is 0 Å². The number of nitrogens with zero attached hydrogens (tertiary/aromatic N) is 1. The van der Waals surface area contributed by atoms with Gasteiger partial charge >= 0.3 is 6.03 Å². The maximum absolute atomic E-state index is 11.1. The fraction of sp³-hybridized carbons (Fsp3) is 0.857. The molecule has 0 saturated carbocycles. The van der Waals surface area contributed by atoms with Gasteiger partial charge in [-0.25, -0.2) is 4.79 Å². The van der Waals surface area contributed by atoms with Crippen LogP contribution in [0.3, 0.4) is 0 Å². The van der Waals surface area contributed by atoms with Gasteiger partial charge in [0, 0.05) is 32.7 Å². The number of piperazine rings is 1. The van der Waals surface area contributed by atoms with E-state index in [4.69, 9.17) is 0 Å². The first-order valence-corrected chi connectivity index (χ1v) is 3.94. The molecule has 0 aromatic heterocycles. The highest BCUT2D eigenvalue weighted by Gasteiger charge is 2.18. The number of carbonyl (C=O) groups is 1. The molecule has 2 amide bonds. The molecule has 1 atom stereocenters. The number of carbonyl (C=O) groups excluding carboxylic acids is 1. The summed E-state index contributed by atoms with van der Waals surface area (Å²) in [6, 6.07) is 0.444. The van der Waals surface area contributed by atoms with Crippen LogP contribution in [-0.4, -0.2) is 43.7 Å². The normalized spacial score (nSPS) is 24.9. The molecule has 1 unspecified atom stereocenters. The third-order valence-corrected chi connectivity index (χ3v) is 1.87. The van der Waals surface area contributed by atoms with Crippen molar-refractivity contribution < 1.29 is 4.79 Å². The first kappa shape index (κ1) is 8.33. The molecule has 0 aromatic carbocycles. The van der Waals surface area contributed by atoms with Gasteiger partial charge in [0.05, 0.1) is 0 Å². The second kappa shape index (κ2) is 3.57. The number of nitrogens with one attached hydrogen (secondary N) is 2. The van der Waals surface area contributed by atoms with Crippen molar-refractivity contribution in [3.8, 4) is 0 Å². The van der Waals surface area contributed by atoms with Gasteiger partial charge in [0.15, 0.2) is 0 Å². The molecule has 1 heterocycles. The average Bonchev–Trinajstić information content (AvgIpc) is 2.03. The molecule has 1 aliphatic heterocycles. The van der Waals surface area contributed by atoms with Gasteiger partial charge in [0.25, 0.3) is 0 Å². The van der Waals surface area contributed by atoms with Gasteiger partial charge in [0.2, 0.25) is 0 Å². The molecule has 64 valence electrons. The molecule has 11 heavy (non-hydrogen) atoms. The highest BCUT2D eigenvalue weighted by Crippen LogP contribution is 1.97. The van der Waals surface area contributed by atoms with E-state index in [0.717, 1.165) is 19.6 Å². The Bertz CT molecular complexity index is 149. The van der Waals surface area contributed by atoms with Crippen LogP contribution in [0.15, 0.2) is 0 Å². The summed E-state index contributed by atoms with van der Waals surface area (Å²) in [6.07, 6.45) is 0. The molecule has 0 aliphatic carbocycles. The Morgan fingerprint density at radius 3 is 3.00 bits per heavy atom. The monoisotopic (exact) mass is 157 g/mol. The van der Waals surface area contributed by atoms with Crippen LogP contribution in [0, 0.1) is 0 Å². The number of hydrogen-bond donors (Lipinski definition) is 2. The van der Waals surface area contributed by atoms with E-state index in [1.807, 2.05) is 4.90 Å². The van der Waals surface area contributed by atoms with E-state index >= 15 is 0 Å². The van der Waals surface area contributed by atoms with Gasteiger partial charge in [-0.15, -0.1) is 0 Å². The average molecular weight is 157 g/mol. The Morgan fingerprint density at radius 2 is 2.45 bits per heavy atom. The molecule has 0 spiro atoms. The minimum atomic E-state index is 0.0263. The van der Waals surface area contributed by atoms with Crippen molar-refractivity contribution in [3.05, 3.63) is 0 Å². The summed E-state index contributed by atoms with van der Waals surface area (Å²) in [5, 5.41) is 5.88. The Morgan fingerprint density at radius 1 is 1.73 bits per heavy atom. The lowest BCUT2D eigenvalue weighted by Crippen LogP contribution is -2.53. The number of amides is 2. The fourth-order valence-corrected chi connectivity index (χ4v) is 1.27. The largest absolute Gasteiger partial charge is 0.341 e. The van der Waals surface area contributed by atoms with Crippen LogP contribution in [0.4, 0.5) is 4.79 Å². The Kier molecular flexibility index (Phi) is 2.70. The van der Waals surface area contributed by atoms with Crippen molar-refractivity contribution in [2.24, 2.45) is 0 Å². The van der Waals surface area contributed by atoms with Crippen molar-refractivity contribution in [2.45, 2.75) is 13.0 Å². The molecule has 2 N–H and O–H groups in total. The molecular formula is C7H15N3O. The lowest BCUT2D eigenvalue weighted by molar-refractivity contribution is 0.181. The summed E-state index contributed by atoms with van der Waals surface area (Å²) in [5.41, 5.74) is 0. The van der Waals surface area contributed by atoms with Crippen molar-refractivity contribution in [1.29, 1.82) is 0 Å². The van der Waals surface area contributed by atoms with Gasteiger partial charge in [-0.05, 0) is 6.92 Å². The first-order valence-electron chi connectivity index (χ1n) is 3.94. The van der Waals surface area contributed by atoms with E-state index in [2.05, 4.69) is 17.6 Å². The quantitative estimate of drug-likeness (QED) is 0.503. The molecule has 0 bridgehead atoms. The summed E-state index contributed by atoms with van der Waals surface area (Å²) in [5.74, 6) is 0. The van der Waals surface area contributed by atoms with Crippen molar-refractivity contribution >= 4 is 6.03 Å². The Balaban J connectivity index is 2.39. The lowest BCUT2D eigenvalue weighted by Gasteiger charge is -2.31. The number of urea groups is 1. The van der Waals surface area contributed by atoms with E-state index in [1.54, 1.807) is 7.05 Å². The zero-order chi connectivity index (χ0) is 8.27. The minimum absolute atomic E-state index is 0.0263. The molecule has 1 fully saturated rings. The highest BCUT2D eigenvalue weighted by atomic mass is 16.2. The van der Waals surface area contributed by atoms with E-state index in [1.165, 1.54) is 0 Å². The molecule has 4 heteroatoms. The molecule has 4 nitrogen and oxygen atoms in total. The SMILES string of the molecule is CNC(=O)N1CCNC(C)C1. The summed E-state index contributed by atoms with van der Waals surface area (Å²) in [7, 11) is 1.66. The molecule has 0 aromatic rings. The van der Waals surface area contributed by atoms with Crippen LogP contribution in [0.1, 0.15) is 6.92 Å². The Hall–Kier alpha value is -0.770. The fourth-order valence-electron chi connectivity index (χ4n) is 1.27. The standard InChI is InChI=1S/C7H15N3O/c1-6-5-10(4-3-9-6)7(11)8-2/h6,9H,3-5H2,1-2H3,(H,8,11). The first-order chi connectivity index (χ1) is 5.24. The number of rotatable bonds is 0. The van der Waals surface area contributed by atoms with Gasteiger partial charge in [-0.3, -0.25) is 0 Å². The van der Waals surface area contributed by atoms with Crippen LogP contribution in [0.5, 0.6) is 0 Å². The zero-order valence-electron chi connectivity index (χ0n) is 7.05. The van der Waals surface area contributed by atoms with Crippen molar-refractivity contribution in [2.75, 3.05) is 26.7 Å². The van der Waals surface area contributed by atoms with Gasteiger partial charge < -0.3 is 15.5 Å². The van der Waals surface area contributed by atoms with Crippen molar-refractivity contribution in [1.82, 2.24) is 15.5 Å². The van der Waals surface area contributed by atoms with E-state index in [-0.39, 0.29) is 6.03 Å².